The van der Waals surface area contributed by atoms with Gasteiger partial charge in [0.1, 0.15) is 23.9 Å². The molecule has 1 saturated carbocycles. The van der Waals surface area contributed by atoms with Crippen molar-refractivity contribution in [2.75, 3.05) is 51.9 Å². The van der Waals surface area contributed by atoms with Crippen LogP contribution in [0.2, 0.25) is 25.7 Å². The van der Waals surface area contributed by atoms with Crippen molar-refractivity contribution in [2.45, 2.75) is 82.8 Å². The summed E-state index contributed by atoms with van der Waals surface area (Å²) in [5.41, 5.74) is 1.91. The summed E-state index contributed by atoms with van der Waals surface area (Å²) in [6.07, 6.45) is -5.98. The largest absolute Gasteiger partial charge is 0.471 e. The molecule has 3 heterocycles. The Bertz CT molecular complexity index is 2020. The molecule has 8 nitrogen and oxygen atoms in total. The third kappa shape index (κ3) is 9.39. The number of halogens is 7. The van der Waals surface area contributed by atoms with Crippen LogP contribution in [0.5, 0.6) is 0 Å². The summed E-state index contributed by atoms with van der Waals surface area (Å²) in [6.45, 7) is 8.47. The molecule has 1 aliphatic carbocycles. The van der Waals surface area contributed by atoms with Crippen LogP contribution >= 0.6 is 0 Å². The Hall–Kier alpha value is -4.02. The maximum atomic E-state index is 14.7. The van der Waals surface area contributed by atoms with Crippen LogP contribution < -0.4 is 4.90 Å². The molecule has 2 aromatic heterocycles. The minimum atomic E-state index is -4.91. The minimum Gasteiger partial charge on any atom is -0.384 e. The lowest BCUT2D eigenvalue weighted by molar-refractivity contribution is -0.186. The van der Waals surface area contributed by atoms with Gasteiger partial charge in [0.15, 0.2) is 5.65 Å². The average molecular weight is 808 g/mol. The predicted molar refractivity (Wildman–Crippen MR) is 204 cm³/mol. The number of pyridine rings is 1. The number of piperidine rings is 1. The molecule has 1 saturated heterocycles. The molecule has 0 bridgehead atoms. The fourth-order valence-corrected chi connectivity index (χ4v) is 8.51. The number of benzene rings is 2. The van der Waals surface area contributed by atoms with Gasteiger partial charge in [-0.25, -0.2) is 14.4 Å². The van der Waals surface area contributed by atoms with E-state index < -0.39 is 37.7 Å². The number of methoxy groups -OCH3 is 1. The van der Waals surface area contributed by atoms with Gasteiger partial charge in [-0.05, 0) is 67.5 Å². The zero-order chi connectivity index (χ0) is 40.6. The number of anilines is 1. The Morgan fingerprint density at radius 1 is 0.964 bits per heavy atom. The van der Waals surface area contributed by atoms with E-state index in [-0.39, 0.29) is 48.1 Å². The van der Waals surface area contributed by atoms with Gasteiger partial charge in [-0.2, -0.15) is 26.3 Å². The van der Waals surface area contributed by atoms with Crippen LogP contribution in [0.1, 0.15) is 49.1 Å². The van der Waals surface area contributed by atoms with Crippen molar-refractivity contribution in [1.82, 2.24) is 19.4 Å². The molecule has 1 aliphatic heterocycles. The van der Waals surface area contributed by atoms with Crippen molar-refractivity contribution in [3.05, 3.63) is 65.5 Å². The number of likely N-dealkylation sites (tertiary alicyclic amines) is 1. The Kier molecular flexibility index (Phi) is 11.9. The highest BCUT2D eigenvalue weighted by Crippen LogP contribution is 2.44. The van der Waals surface area contributed by atoms with Gasteiger partial charge in [0.05, 0.1) is 23.6 Å². The Balaban J connectivity index is 1.43. The van der Waals surface area contributed by atoms with E-state index >= 15 is 0 Å². The maximum Gasteiger partial charge on any atom is 0.471 e. The van der Waals surface area contributed by atoms with E-state index in [1.807, 2.05) is 40.8 Å². The summed E-state index contributed by atoms with van der Waals surface area (Å²) < 4.78 is 109. The van der Waals surface area contributed by atoms with Crippen molar-refractivity contribution in [2.24, 2.45) is 5.41 Å². The molecule has 2 aromatic carbocycles. The Labute approximate surface area is 323 Å². The number of ether oxygens (including phenoxy) is 2. The SMILES string of the molecule is COCC1(CN(C)c2cc(-c3cc(F)cc(C(F)(F)F)c3)nc3nc(-c4ccc(C5CCN(C(=O)C(F)(F)F)CC5)cc4)n(COCC[Si](C)(C)C)c23)CCC1. The summed E-state index contributed by atoms with van der Waals surface area (Å²) in [4.78, 5) is 24.4. The molecule has 0 atom stereocenters. The van der Waals surface area contributed by atoms with Crippen LogP contribution in [0.15, 0.2) is 48.5 Å². The van der Waals surface area contributed by atoms with E-state index in [0.29, 0.717) is 61.3 Å². The molecule has 6 rings (SSSR count). The highest BCUT2D eigenvalue weighted by Gasteiger charge is 2.43. The first kappa shape index (κ1) is 41.6. The number of carbonyl (C=O) groups excluding carboxylic acids is 1. The van der Waals surface area contributed by atoms with Gasteiger partial charge in [0.25, 0.3) is 0 Å². The van der Waals surface area contributed by atoms with Gasteiger partial charge < -0.3 is 19.3 Å². The third-order valence-corrected chi connectivity index (χ3v) is 12.6. The Morgan fingerprint density at radius 2 is 1.64 bits per heavy atom. The second-order valence-corrected chi connectivity index (χ2v) is 22.1. The minimum absolute atomic E-state index is 0.00105. The molecule has 0 spiro atoms. The van der Waals surface area contributed by atoms with Gasteiger partial charge >= 0.3 is 18.3 Å². The van der Waals surface area contributed by atoms with Gasteiger partial charge in [-0.3, -0.25) is 9.36 Å². The number of hydrogen-bond acceptors (Lipinski definition) is 6. The van der Waals surface area contributed by atoms with Gasteiger partial charge in [-0.15, -0.1) is 0 Å². The van der Waals surface area contributed by atoms with E-state index in [2.05, 4.69) is 19.6 Å². The molecule has 0 radical (unpaired) electrons. The number of amides is 1. The Morgan fingerprint density at radius 3 is 2.21 bits per heavy atom. The monoisotopic (exact) mass is 807 g/mol. The van der Waals surface area contributed by atoms with Crippen LogP contribution in [0, 0.1) is 11.2 Å². The van der Waals surface area contributed by atoms with Gasteiger partial charge in [0, 0.05) is 65.0 Å². The lowest BCUT2D eigenvalue weighted by atomic mass is 9.69. The predicted octanol–water partition coefficient (Wildman–Crippen LogP) is 9.76. The second kappa shape index (κ2) is 16.1. The number of imidazole rings is 1. The molecule has 2 fully saturated rings. The zero-order valence-corrected chi connectivity index (χ0v) is 33.3. The smallest absolute Gasteiger partial charge is 0.384 e. The number of rotatable bonds is 13. The quantitative estimate of drug-likeness (QED) is 0.0762. The number of alkyl halides is 6. The van der Waals surface area contributed by atoms with E-state index in [1.165, 1.54) is 0 Å². The molecular formula is C40H48F7N5O3Si. The molecule has 304 valence electrons. The highest BCUT2D eigenvalue weighted by molar-refractivity contribution is 6.76. The molecule has 16 heteroatoms. The standard InChI is InChI=1S/C40H48F7N5O3Si/c1-50(23-38(24-54-2)13-6-14-38)33-22-32(29-19-30(39(42,43)44)21-31(41)20-29)48-35-34(33)52(25-55-17-18-56(3,4)5)36(49-35)28-9-7-26(8-10-28)27-11-15-51(16-12-27)37(53)40(45,46)47/h7-10,19-22,27H,6,11-18,23-25H2,1-5H3. The summed E-state index contributed by atoms with van der Waals surface area (Å²) in [5.74, 6) is -2.41. The van der Waals surface area contributed by atoms with Crippen molar-refractivity contribution < 1.29 is 45.0 Å². The highest BCUT2D eigenvalue weighted by atomic mass is 28.3. The third-order valence-electron chi connectivity index (χ3n) is 10.9. The first-order valence-electron chi connectivity index (χ1n) is 18.8. The number of carbonyl (C=O) groups is 1. The fraction of sp³-hybridized carbons (Fsp3) is 0.525. The number of fused-ring (bicyclic) bond motifs is 1. The summed E-state index contributed by atoms with van der Waals surface area (Å²) in [5, 5.41) is 0. The second-order valence-electron chi connectivity index (χ2n) is 16.5. The van der Waals surface area contributed by atoms with Crippen LogP contribution in [0.25, 0.3) is 33.8 Å². The van der Waals surface area contributed by atoms with E-state index in [1.54, 1.807) is 13.2 Å². The van der Waals surface area contributed by atoms with E-state index in [0.717, 1.165) is 47.9 Å². The van der Waals surface area contributed by atoms with Crippen LogP contribution in [0.3, 0.4) is 0 Å². The fourth-order valence-electron chi connectivity index (χ4n) is 7.75. The average Bonchev–Trinajstić information content (AvgIpc) is 3.48. The van der Waals surface area contributed by atoms with E-state index in [4.69, 9.17) is 19.4 Å². The van der Waals surface area contributed by atoms with Gasteiger partial charge in [0.2, 0.25) is 0 Å². The molecule has 0 unspecified atom stereocenters. The summed E-state index contributed by atoms with van der Waals surface area (Å²) in [6, 6.07) is 12.5. The number of nitrogens with zero attached hydrogens (tertiary/aromatic N) is 5. The zero-order valence-electron chi connectivity index (χ0n) is 32.3. The van der Waals surface area contributed by atoms with Crippen molar-refractivity contribution in [1.29, 1.82) is 0 Å². The maximum absolute atomic E-state index is 14.7. The van der Waals surface area contributed by atoms with Crippen LogP contribution in [-0.4, -0.2) is 86.6 Å². The van der Waals surface area contributed by atoms with Crippen LogP contribution in [0.4, 0.5) is 36.4 Å². The molecule has 0 N–H and O–H groups in total. The van der Waals surface area contributed by atoms with E-state index in [9.17, 15) is 35.5 Å². The molecule has 56 heavy (non-hydrogen) atoms. The topological polar surface area (TPSA) is 72.7 Å². The summed E-state index contributed by atoms with van der Waals surface area (Å²) >= 11 is 0. The molecule has 1 amide bonds. The first-order valence-corrected chi connectivity index (χ1v) is 22.5. The normalized spacial score (nSPS) is 16.7. The van der Waals surface area contributed by atoms with Crippen molar-refractivity contribution in [3.63, 3.8) is 0 Å². The first-order chi connectivity index (χ1) is 26.3. The lowest BCUT2D eigenvalue weighted by Crippen LogP contribution is -2.45. The van der Waals surface area contributed by atoms with Crippen molar-refractivity contribution in [3.8, 4) is 22.6 Å². The molecule has 2 aliphatic rings. The number of hydrogen-bond donors (Lipinski definition) is 0. The molecular weight excluding hydrogens is 760 g/mol. The summed E-state index contributed by atoms with van der Waals surface area (Å²) in [7, 11) is 2.12. The molecule has 4 aromatic rings. The lowest BCUT2D eigenvalue weighted by Gasteiger charge is -2.44. The van der Waals surface area contributed by atoms with Crippen LogP contribution in [-0.2, 0) is 27.2 Å². The number of aromatic nitrogens is 3. The van der Waals surface area contributed by atoms with Crippen molar-refractivity contribution >= 4 is 30.8 Å². The van der Waals surface area contributed by atoms with Gasteiger partial charge in [-0.1, -0.05) is 50.3 Å².